The molecule has 212 valence electrons. The highest BCUT2D eigenvalue weighted by atomic mass is 32.2. The van der Waals surface area contributed by atoms with Gasteiger partial charge in [-0.05, 0) is 37.7 Å². The Bertz CT molecular complexity index is 1140. The highest BCUT2D eigenvalue weighted by Crippen LogP contribution is 2.32. The molecule has 0 bridgehead atoms. The first-order chi connectivity index (χ1) is 18.8. The third kappa shape index (κ3) is 7.17. The molecule has 2 aliphatic rings. The molecule has 1 aromatic carbocycles. The maximum atomic E-state index is 13.6. The molecule has 0 radical (unpaired) electrons. The molecule has 0 spiro atoms. The second-order valence-electron chi connectivity index (χ2n) is 11.1. The number of rotatable bonds is 10. The van der Waals surface area contributed by atoms with Gasteiger partial charge in [0.1, 0.15) is 0 Å². The molecular weight excluding hydrogens is 516 g/mol. The molecular formula is C28H40N6O4S. The van der Waals surface area contributed by atoms with Crippen LogP contribution in [0.1, 0.15) is 100 Å². The summed E-state index contributed by atoms with van der Waals surface area (Å²) in [5.41, 5.74) is 0.0731. The van der Waals surface area contributed by atoms with Gasteiger partial charge >= 0.3 is 0 Å². The Balaban J connectivity index is 1.45. The zero-order valence-electron chi connectivity index (χ0n) is 23.2. The second kappa shape index (κ2) is 13.4. The van der Waals surface area contributed by atoms with E-state index >= 15 is 0 Å². The molecule has 2 amide bonds. The number of benzene rings is 1. The van der Waals surface area contributed by atoms with Gasteiger partial charge < -0.3 is 14.8 Å². The largest absolute Gasteiger partial charge is 0.342 e. The Labute approximate surface area is 234 Å². The van der Waals surface area contributed by atoms with E-state index in [4.69, 9.17) is 0 Å². The molecule has 2 saturated carbocycles. The molecule has 0 unspecified atom stereocenters. The van der Waals surface area contributed by atoms with Gasteiger partial charge in [0.2, 0.25) is 5.91 Å². The lowest BCUT2D eigenvalue weighted by Gasteiger charge is -2.41. The van der Waals surface area contributed by atoms with Gasteiger partial charge in [0.15, 0.2) is 11.0 Å². The predicted octanol–water partition coefficient (Wildman–Crippen LogP) is 5.44. The fourth-order valence-electron chi connectivity index (χ4n) is 5.86. The number of thioether (sulfide) groups is 1. The molecule has 2 aromatic rings. The Morgan fingerprint density at radius 2 is 1.69 bits per heavy atom. The first kappa shape index (κ1) is 29.0. The number of nitro benzene ring substituents is 1. The third-order valence-electron chi connectivity index (χ3n) is 7.97. The van der Waals surface area contributed by atoms with Gasteiger partial charge in [-0.25, -0.2) is 0 Å². The van der Waals surface area contributed by atoms with Crippen LogP contribution in [0.25, 0.3) is 0 Å². The number of carbonyl (C=O) groups excluding carboxylic acids is 2. The van der Waals surface area contributed by atoms with Gasteiger partial charge in [0.25, 0.3) is 11.6 Å². The number of nitrogens with one attached hydrogen (secondary N) is 1. The average molecular weight is 557 g/mol. The smallest absolute Gasteiger partial charge is 0.270 e. The topological polar surface area (TPSA) is 123 Å². The summed E-state index contributed by atoms with van der Waals surface area (Å²) in [5, 5.41) is 23.5. The van der Waals surface area contributed by atoms with E-state index in [9.17, 15) is 19.7 Å². The number of nitrogens with zero attached hydrogens (tertiary/aromatic N) is 5. The van der Waals surface area contributed by atoms with Crippen LogP contribution in [-0.4, -0.2) is 54.2 Å². The minimum atomic E-state index is -0.520. The van der Waals surface area contributed by atoms with Crippen molar-refractivity contribution in [3.05, 3.63) is 45.8 Å². The zero-order valence-corrected chi connectivity index (χ0v) is 24.0. The van der Waals surface area contributed by atoms with Crippen LogP contribution in [0.15, 0.2) is 29.4 Å². The van der Waals surface area contributed by atoms with Crippen LogP contribution in [0, 0.1) is 16.0 Å². The number of non-ortho nitro benzene ring substituents is 1. The molecule has 1 aromatic heterocycles. The SMILES string of the molecule is CC(C)[C@H](NC(=O)c1cccc([N+](=O)[O-])c1)c1nnc(SCC(=O)N(C2CCCCC2)C2CCCCC2)n1C. The van der Waals surface area contributed by atoms with E-state index < -0.39 is 16.9 Å². The van der Waals surface area contributed by atoms with Gasteiger partial charge in [-0.1, -0.05) is 70.2 Å². The van der Waals surface area contributed by atoms with Crippen molar-refractivity contribution in [3.63, 3.8) is 0 Å². The number of nitro groups is 1. The fraction of sp³-hybridized carbons (Fsp3) is 0.643. The van der Waals surface area contributed by atoms with Gasteiger partial charge in [-0.15, -0.1) is 10.2 Å². The van der Waals surface area contributed by atoms with E-state index in [-0.39, 0.29) is 23.1 Å². The lowest BCUT2D eigenvalue weighted by atomic mass is 9.88. The molecule has 11 heteroatoms. The summed E-state index contributed by atoms with van der Waals surface area (Å²) in [6.45, 7) is 3.94. The first-order valence-corrected chi connectivity index (χ1v) is 15.1. The van der Waals surface area contributed by atoms with Gasteiger partial charge in [-0.3, -0.25) is 19.7 Å². The van der Waals surface area contributed by atoms with E-state index in [1.807, 2.05) is 25.5 Å². The van der Waals surface area contributed by atoms with Crippen molar-refractivity contribution in [2.24, 2.45) is 13.0 Å². The van der Waals surface area contributed by atoms with Crippen molar-refractivity contribution >= 4 is 29.3 Å². The van der Waals surface area contributed by atoms with Crippen molar-refractivity contribution in [2.45, 2.75) is 101 Å². The van der Waals surface area contributed by atoms with Crippen LogP contribution < -0.4 is 5.32 Å². The minimum Gasteiger partial charge on any atom is -0.342 e. The van der Waals surface area contributed by atoms with Gasteiger partial charge in [-0.2, -0.15) is 0 Å². The molecule has 1 heterocycles. The van der Waals surface area contributed by atoms with Gasteiger partial charge in [0, 0.05) is 36.8 Å². The Hall–Kier alpha value is -2.95. The van der Waals surface area contributed by atoms with Crippen molar-refractivity contribution in [2.75, 3.05) is 5.75 Å². The van der Waals surface area contributed by atoms with Crippen LogP contribution >= 0.6 is 11.8 Å². The highest BCUT2D eigenvalue weighted by molar-refractivity contribution is 7.99. The van der Waals surface area contributed by atoms with E-state index in [1.54, 1.807) is 6.07 Å². The zero-order chi connectivity index (χ0) is 27.9. The highest BCUT2D eigenvalue weighted by Gasteiger charge is 2.33. The van der Waals surface area contributed by atoms with Crippen LogP contribution in [0.2, 0.25) is 0 Å². The Morgan fingerprint density at radius 1 is 1.08 bits per heavy atom. The lowest BCUT2D eigenvalue weighted by molar-refractivity contribution is -0.384. The molecule has 4 rings (SSSR count). The molecule has 2 aliphatic carbocycles. The molecule has 2 fully saturated rings. The summed E-state index contributed by atoms with van der Waals surface area (Å²) < 4.78 is 1.84. The minimum absolute atomic E-state index is 0.0110. The van der Waals surface area contributed by atoms with Crippen molar-refractivity contribution in [3.8, 4) is 0 Å². The van der Waals surface area contributed by atoms with Crippen LogP contribution in [0.4, 0.5) is 5.69 Å². The second-order valence-corrected chi connectivity index (χ2v) is 12.0. The van der Waals surface area contributed by atoms with Crippen LogP contribution in [0.5, 0.6) is 0 Å². The van der Waals surface area contributed by atoms with E-state index in [1.165, 1.54) is 68.5 Å². The Morgan fingerprint density at radius 3 is 2.26 bits per heavy atom. The Kier molecular flexibility index (Phi) is 9.99. The number of amides is 2. The lowest BCUT2D eigenvalue weighted by Crippen LogP contribution is -2.49. The van der Waals surface area contributed by atoms with E-state index in [0.717, 1.165) is 25.7 Å². The van der Waals surface area contributed by atoms with E-state index in [2.05, 4.69) is 20.4 Å². The maximum absolute atomic E-state index is 13.6. The normalized spacial score (nSPS) is 17.6. The molecule has 39 heavy (non-hydrogen) atoms. The number of aromatic nitrogens is 3. The van der Waals surface area contributed by atoms with Crippen molar-refractivity contribution < 1.29 is 14.5 Å². The summed E-state index contributed by atoms with van der Waals surface area (Å²) in [4.78, 5) is 39.4. The molecule has 10 nitrogen and oxygen atoms in total. The summed E-state index contributed by atoms with van der Waals surface area (Å²) in [6, 6.07) is 5.90. The van der Waals surface area contributed by atoms with E-state index in [0.29, 0.717) is 28.8 Å². The summed E-state index contributed by atoms with van der Waals surface area (Å²) in [7, 11) is 1.84. The summed E-state index contributed by atoms with van der Waals surface area (Å²) >= 11 is 1.39. The third-order valence-corrected chi connectivity index (χ3v) is 8.97. The summed E-state index contributed by atoms with van der Waals surface area (Å²) in [6.07, 6.45) is 11.7. The molecule has 1 atom stereocenters. The first-order valence-electron chi connectivity index (χ1n) is 14.1. The van der Waals surface area contributed by atoms with Crippen LogP contribution in [-0.2, 0) is 11.8 Å². The average Bonchev–Trinajstić information content (AvgIpc) is 3.31. The predicted molar refractivity (Wildman–Crippen MR) is 150 cm³/mol. The van der Waals surface area contributed by atoms with Crippen molar-refractivity contribution in [1.29, 1.82) is 0 Å². The molecule has 1 N–H and O–H groups in total. The monoisotopic (exact) mass is 556 g/mol. The fourth-order valence-corrected chi connectivity index (χ4v) is 6.65. The quantitative estimate of drug-likeness (QED) is 0.235. The molecule has 0 saturated heterocycles. The van der Waals surface area contributed by atoms with Gasteiger partial charge in [0.05, 0.1) is 16.7 Å². The number of carbonyl (C=O) groups is 2. The maximum Gasteiger partial charge on any atom is 0.270 e. The summed E-state index contributed by atoms with van der Waals surface area (Å²) in [5.74, 6) is 0.645. The number of hydrogen-bond acceptors (Lipinski definition) is 7. The van der Waals surface area contributed by atoms with Crippen LogP contribution in [0.3, 0.4) is 0 Å². The van der Waals surface area contributed by atoms with Crippen molar-refractivity contribution in [1.82, 2.24) is 25.0 Å². The standard InChI is InChI=1S/C28H40N6O4S/c1-19(2)25(29-27(36)20-11-10-16-23(17-20)34(37)38)26-30-31-28(32(26)3)39-18-24(35)33(21-12-6-4-7-13-21)22-14-8-5-9-15-22/h10-11,16-17,19,21-22,25H,4-9,12-15,18H2,1-3H3,(H,29,36)/t25-/m0/s1. The number of hydrogen-bond donors (Lipinski definition) is 1. The molecule has 0 aliphatic heterocycles.